The Morgan fingerprint density at radius 2 is 2.00 bits per heavy atom. The van der Waals surface area contributed by atoms with Gasteiger partial charge in [0.05, 0.1) is 0 Å². The van der Waals surface area contributed by atoms with Gasteiger partial charge in [0.1, 0.15) is 5.76 Å². The van der Waals surface area contributed by atoms with Crippen molar-refractivity contribution in [2.75, 3.05) is 32.1 Å². The first-order chi connectivity index (χ1) is 13.0. The van der Waals surface area contributed by atoms with Gasteiger partial charge < -0.3 is 14.7 Å². The highest BCUT2D eigenvalue weighted by molar-refractivity contribution is 5.92. The number of aromatic nitrogens is 1. The molecule has 0 spiro atoms. The summed E-state index contributed by atoms with van der Waals surface area (Å²) in [5.74, 6) is 1.60. The van der Waals surface area contributed by atoms with Gasteiger partial charge in [0.15, 0.2) is 5.69 Å². The lowest BCUT2D eigenvalue weighted by atomic mass is 10.1. The Hall–Kier alpha value is -2.34. The molecule has 6 nitrogen and oxygen atoms in total. The van der Waals surface area contributed by atoms with Gasteiger partial charge >= 0.3 is 0 Å². The van der Waals surface area contributed by atoms with Gasteiger partial charge in [-0.1, -0.05) is 24.2 Å². The quantitative estimate of drug-likeness (QED) is 0.850. The Labute approximate surface area is 160 Å². The van der Waals surface area contributed by atoms with E-state index in [1.807, 2.05) is 14.1 Å². The summed E-state index contributed by atoms with van der Waals surface area (Å²) in [5.41, 5.74) is 2.91. The Morgan fingerprint density at radius 3 is 2.67 bits per heavy atom. The number of carbonyl (C=O) groups excluding carboxylic acids is 1. The lowest BCUT2D eigenvalue weighted by Gasteiger charge is -2.18. The average molecular weight is 368 g/mol. The SMILES string of the molecule is C[C@@H]1CN(Cc2ccc(N(C)C)cc2)C[C@@H]1NC(=O)c1cc(C2CC2)on1. The zero-order valence-corrected chi connectivity index (χ0v) is 16.3. The zero-order valence-electron chi connectivity index (χ0n) is 16.3. The summed E-state index contributed by atoms with van der Waals surface area (Å²) >= 11 is 0. The van der Waals surface area contributed by atoms with Gasteiger partial charge in [0, 0.05) is 57.4 Å². The molecule has 2 aromatic rings. The Bertz CT molecular complexity index is 795. The Kier molecular flexibility index (Phi) is 4.91. The number of benzene rings is 1. The molecule has 2 heterocycles. The van der Waals surface area contributed by atoms with E-state index in [-0.39, 0.29) is 11.9 Å². The van der Waals surface area contributed by atoms with Crippen molar-refractivity contribution in [2.45, 2.75) is 38.3 Å². The molecule has 1 N–H and O–H groups in total. The summed E-state index contributed by atoms with van der Waals surface area (Å²) < 4.78 is 5.30. The topological polar surface area (TPSA) is 61.6 Å². The maximum atomic E-state index is 12.5. The van der Waals surface area contributed by atoms with Crippen molar-refractivity contribution in [1.82, 2.24) is 15.4 Å². The van der Waals surface area contributed by atoms with E-state index >= 15 is 0 Å². The second-order valence-corrected chi connectivity index (χ2v) is 8.20. The second-order valence-electron chi connectivity index (χ2n) is 8.20. The number of likely N-dealkylation sites (tertiary alicyclic amines) is 1. The predicted octanol–water partition coefficient (Wildman–Crippen LogP) is 2.87. The lowest BCUT2D eigenvalue weighted by Crippen LogP contribution is -2.39. The maximum absolute atomic E-state index is 12.5. The normalized spacial score (nSPS) is 22.8. The number of nitrogens with zero attached hydrogens (tertiary/aromatic N) is 3. The van der Waals surface area contributed by atoms with Crippen LogP contribution in [0.2, 0.25) is 0 Å². The van der Waals surface area contributed by atoms with Crippen LogP contribution < -0.4 is 10.2 Å². The molecule has 2 fully saturated rings. The first-order valence-corrected chi connectivity index (χ1v) is 9.75. The van der Waals surface area contributed by atoms with Gasteiger partial charge in [-0.2, -0.15) is 0 Å². The molecule has 4 rings (SSSR count). The highest BCUT2D eigenvalue weighted by atomic mass is 16.5. The Morgan fingerprint density at radius 1 is 1.26 bits per heavy atom. The van der Waals surface area contributed by atoms with Crippen LogP contribution in [0.25, 0.3) is 0 Å². The van der Waals surface area contributed by atoms with E-state index in [2.05, 4.69) is 51.5 Å². The van der Waals surface area contributed by atoms with Crippen LogP contribution in [-0.4, -0.2) is 49.2 Å². The molecule has 1 amide bonds. The zero-order chi connectivity index (χ0) is 19.0. The van der Waals surface area contributed by atoms with Crippen molar-refractivity contribution in [3.8, 4) is 0 Å². The molecule has 144 valence electrons. The molecule has 1 aliphatic heterocycles. The molecule has 1 saturated carbocycles. The summed E-state index contributed by atoms with van der Waals surface area (Å²) in [5, 5.41) is 7.10. The second kappa shape index (κ2) is 7.35. The van der Waals surface area contributed by atoms with Crippen LogP contribution in [0.1, 0.15) is 47.5 Å². The highest BCUT2D eigenvalue weighted by Crippen LogP contribution is 2.40. The number of anilines is 1. The van der Waals surface area contributed by atoms with E-state index in [1.54, 1.807) is 6.07 Å². The van der Waals surface area contributed by atoms with Crippen LogP contribution >= 0.6 is 0 Å². The molecular formula is C21H28N4O2. The summed E-state index contributed by atoms with van der Waals surface area (Å²) in [6, 6.07) is 10.6. The molecule has 0 radical (unpaired) electrons. The molecule has 0 bridgehead atoms. The monoisotopic (exact) mass is 368 g/mol. The number of carbonyl (C=O) groups is 1. The van der Waals surface area contributed by atoms with Crippen LogP contribution in [0.4, 0.5) is 5.69 Å². The summed E-state index contributed by atoms with van der Waals surface area (Å²) in [6.45, 7) is 4.93. The number of rotatable bonds is 6. The number of nitrogens with one attached hydrogen (secondary N) is 1. The average Bonchev–Trinajstić information content (AvgIpc) is 3.27. The van der Waals surface area contributed by atoms with Crippen LogP contribution in [0, 0.1) is 5.92 Å². The standard InChI is InChI=1S/C21H28N4O2/c1-14-11-25(12-15-4-8-17(9-5-15)24(2)3)13-19(14)22-21(26)18-10-20(27-23-18)16-6-7-16/h4-5,8-10,14,16,19H,6-7,11-13H2,1-3H3,(H,22,26)/t14-,19+/m1/s1. The van der Waals surface area contributed by atoms with Crippen molar-refractivity contribution >= 4 is 11.6 Å². The molecular weight excluding hydrogens is 340 g/mol. The molecule has 0 unspecified atom stereocenters. The minimum Gasteiger partial charge on any atom is -0.378 e. The fourth-order valence-electron chi connectivity index (χ4n) is 3.74. The number of amides is 1. The van der Waals surface area contributed by atoms with Crippen LogP contribution in [0.5, 0.6) is 0 Å². The van der Waals surface area contributed by atoms with Gasteiger partial charge in [-0.25, -0.2) is 0 Å². The van der Waals surface area contributed by atoms with Crippen molar-refractivity contribution in [3.63, 3.8) is 0 Å². The van der Waals surface area contributed by atoms with Gasteiger partial charge in [-0.05, 0) is 36.5 Å². The van der Waals surface area contributed by atoms with Crippen LogP contribution in [-0.2, 0) is 6.54 Å². The van der Waals surface area contributed by atoms with Gasteiger partial charge in [-0.15, -0.1) is 0 Å². The predicted molar refractivity (Wildman–Crippen MR) is 105 cm³/mol. The summed E-state index contributed by atoms with van der Waals surface area (Å²) in [7, 11) is 4.10. The molecule has 1 aromatic heterocycles. The molecule has 6 heteroatoms. The lowest BCUT2D eigenvalue weighted by molar-refractivity contribution is 0.0922. The van der Waals surface area contributed by atoms with Crippen molar-refractivity contribution in [3.05, 3.63) is 47.3 Å². The number of hydrogen-bond acceptors (Lipinski definition) is 5. The molecule has 1 aromatic carbocycles. The maximum Gasteiger partial charge on any atom is 0.273 e. The highest BCUT2D eigenvalue weighted by Gasteiger charge is 2.33. The van der Waals surface area contributed by atoms with E-state index in [0.29, 0.717) is 17.5 Å². The third kappa shape index (κ3) is 4.16. The fourth-order valence-corrected chi connectivity index (χ4v) is 3.74. The van der Waals surface area contributed by atoms with Crippen LogP contribution in [0.3, 0.4) is 0 Å². The van der Waals surface area contributed by atoms with E-state index < -0.39 is 0 Å². The third-order valence-electron chi connectivity index (χ3n) is 5.60. The van der Waals surface area contributed by atoms with Gasteiger partial charge in [0.25, 0.3) is 5.91 Å². The first-order valence-electron chi connectivity index (χ1n) is 9.75. The molecule has 27 heavy (non-hydrogen) atoms. The smallest absolute Gasteiger partial charge is 0.273 e. The van der Waals surface area contributed by atoms with Crippen LogP contribution in [0.15, 0.2) is 34.9 Å². The minimum atomic E-state index is -0.125. The van der Waals surface area contributed by atoms with E-state index in [9.17, 15) is 4.79 Å². The van der Waals surface area contributed by atoms with Crippen molar-refractivity contribution < 1.29 is 9.32 Å². The number of hydrogen-bond donors (Lipinski definition) is 1. The van der Waals surface area contributed by atoms with E-state index in [4.69, 9.17) is 4.52 Å². The molecule has 1 aliphatic carbocycles. The first kappa shape index (κ1) is 18.0. The molecule has 2 atom stereocenters. The van der Waals surface area contributed by atoms with Crippen molar-refractivity contribution in [2.24, 2.45) is 5.92 Å². The van der Waals surface area contributed by atoms with Gasteiger partial charge in [-0.3, -0.25) is 9.69 Å². The van der Waals surface area contributed by atoms with E-state index in [0.717, 1.165) is 38.2 Å². The van der Waals surface area contributed by atoms with Gasteiger partial charge in [0.2, 0.25) is 0 Å². The molecule has 2 aliphatic rings. The van der Waals surface area contributed by atoms with E-state index in [1.165, 1.54) is 11.3 Å². The largest absolute Gasteiger partial charge is 0.378 e. The Balaban J connectivity index is 1.32. The summed E-state index contributed by atoms with van der Waals surface area (Å²) in [4.78, 5) is 17.0. The molecule has 1 saturated heterocycles. The van der Waals surface area contributed by atoms with Crippen molar-refractivity contribution in [1.29, 1.82) is 0 Å². The minimum absolute atomic E-state index is 0.125. The summed E-state index contributed by atoms with van der Waals surface area (Å²) in [6.07, 6.45) is 2.28. The fraction of sp³-hybridized carbons (Fsp3) is 0.524. The third-order valence-corrected chi connectivity index (χ3v) is 5.60.